The standard InChI is InChI=1S/C5H8N2O2S/c1-4-5(7-10-6-4)9-3-2-8/h8H,2-3H2,1H3. The molecule has 1 aromatic heterocycles. The summed E-state index contributed by atoms with van der Waals surface area (Å²) in [6.07, 6.45) is 0. The minimum atomic E-state index is 0.0109. The van der Waals surface area contributed by atoms with Gasteiger partial charge in [-0.2, -0.15) is 4.37 Å². The number of aromatic nitrogens is 2. The Bertz CT molecular complexity index is 201. The third-order valence-electron chi connectivity index (χ3n) is 0.941. The maximum Gasteiger partial charge on any atom is 0.248 e. The van der Waals surface area contributed by atoms with Gasteiger partial charge in [0, 0.05) is 0 Å². The first kappa shape index (κ1) is 7.43. The van der Waals surface area contributed by atoms with Crippen molar-refractivity contribution in [2.24, 2.45) is 0 Å². The zero-order chi connectivity index (χ0) is 7.40. The number of hydrogen-bond donors (Lipinski definition) is 1. The van der Waals surface area contributed by atoms with Gasteiger partial charge in [-0.25, -0.2) is 0 Å². The second-order valence-corrected chi connectivity index (χ2v) is 2.26. The van der Waals surface area contributed by atoms with Gasteiger partial charge in [-0.1, -0.05) is 0 Å². The molecule has 1 heterocycles. The van der Waals surface area contributed by atoms with E-state index in [-0.39, 0.29) is 13.2 Å². The predicted octanol–water partition coefficient (Wildman–Crippen LogP) is 0.218. The van der Waals surface area contributed by atoms with E-state index in [0.717, 1.165) is 17.4 Å². The zero-order valence-corrected chi connectivity index (χ0v) is 6.39. The maximum absolute atomic E-state index is 8.39. The molecule has 1 N–H and O–H groups in total. The monoisotopic (exact) mass is 160 g/mol. The first-order valence-corrected chi connectivity index (χ1v) is 3.60. The molecule has 1 rings (SSSR count). The quantitative estimate of drug-likeness (QED) is 0.687. The number of nitrogens with zero attached hydrogens (tertiary/aromatic N) is 2. The van der Waals surface area contributed by atoms with E-state index in [1.807, 2.05) is 6.92 Å². The number of aryl methyl sites for hydroxylation is 1. The molecule has 0 bridgehead atoms. The van der Waals surface area contributed by atoms with Crippen LogP contribution in [0.3, 0.4) is 0 Å². The third-order valence-corrected chi connectivity index (χ3v) is 1.54. The summed E-state index contributed by atoms with van der Waals surface area (Å²) in [7, 11) is 0. The number of aliphatic hydroxyl groups is 1. The summed E-state index contributed by atoms with van der Waals surface area (Å²) in [5.74, 6) is 0.527. The highest BCUT2D eigenvalue weighted by molar-refractivity contribution is 6.99. The van der Waals surface area contributed by atoms with Crippen LogP contribution in [0.15, 0.2) is 0 Å². The minimum absolute atomic E-state index is 0.0109. The normalized spacial score (nSPS) is 9.80. The Morgan fingerprint density at radius 1 is 1.60 bits per heavy atom. The van der Waals surface area contributed by atoms with E-state index in [0.29, 0.717) is 5.88 Å². The van der Waals surface area contributed by atoms with E-state index in [9.17, 15) is 0 Å². The van der Waals surface area contributed by atoms with Gasteiger partial charge in [-0.05, 0) is 6.92 Å². The van der Waals surface area contributed by atoms with Crippen LogP contribution < -0.4 is 4.74 Å². The SMILES string of the molecule is Cc1nsnc1OCCO. The van der Waals surface area contributed by atoms with Gasteiger partial charge in [0.15, 0.2) is 0 Å². The fourth-order valence-corrected chi connectivity index (χ4v) is 0.997. The predicted molar refractivity (Wildman–Crippen MR) is 37.2 cm³/mol. The summed E-state index contributed by atoms with van der Waals surface area (Å²) in [6.45, 7) is 2.11. The molecule has 0 radical (unpaired) electrons. The van der Waals surface area contributed by atoms with Crippen molar-refractivity contribution in [2.75, 3.05) is 13.2 Å². The first-order chi connectivity index (χ1) is 4.84. The Balaban J connectivity index is 2.49. The van der Waals surface area contributed by atoms with Gasteiger partial charge in [0.05, 0.1) is 18.3 Å². The van der Waals surface area contributed by atoms with E-state index in [2.05, 4.69) is 8.75 Å². The smallest absolute Gasteiger partial charge is 0.248 e. The van der Waals surface area contributed by atoms with Crippen molar-refractivity contribution >= 4 is 11.7 Å². The molecule has 1 aromatic rings. The topological polar surface area (TPSA) is 55.2 Å². The van der Waals surface area contributed by atoms with Gasteiger partial charge in [0.1, 0.15) is 12.3 Å². The molecule has 0 amide bonds. The summed E-state index contributed by atoms with van der Waals surface area (Å²) >= 11 is 1.11. The van der Waals surface area contributed by atoms with Crippen molar-refractivity contribution in [3.8, 4) is 5.88 Å². The molecule has 0 fully saturated rings. The molecular weight excluding hydrogens is 152 g/mol. The zero-order valence-electron chi connectivity index (χ0n) is 5.57. The van der Waals surface area contributed by atoms with Gasteiger partial charge in [0.2, 0.25) is 5.88 Å². The van der Waals surface area contributed by atoms with Gasteiger partial charge in [-0.3, -0.25) is 0 Å². The summed E-state index contributed by atoms with van der Waals surface area (Å²) < 4.78 is 12.8. The van der Waals surface area contributed by atoms with E-state index in [1.54, 1.807) is 0 Å². The molecule has 10 heavy (non-hydrogen) atoms. The van der Waals surface area contributed by atoms with Crippen molar-refractivity contribution in [3.63, 3.8) is 0 Å². The number of aliphatic hydroxyl groups excluding tert-OH is 1. The fourth-order valence-electron chi connectivity index (χ4n) is 0.497. The number of ether oxygens (including phenoxy) is 1. The highest BCUT2D eigenvalue weighted by Crippen LogP contribution is 2.12. The molecule has 0 aromatic carbocycles. The lowest BCUT2D eigenvalue weighted by molar-refractivity contribution is 0.197. The second kappa shape index (κ2) is 3.48. The van der Waals surface area contributed by atoms with Crippen LogP contribution in [0.1, 0.15) is 5.69 Å². The Labute approximate surface area is 62.8 Å². The lowest BCUT2D eigenvalue weighted by atomic mass is 10.5. The van der Waals surface area contributed by atoms with E-state index in [1.165, 1.54) is 0 Å². The van der Waals surface area contributed by atoms with E-state index >= 15 is 0 Å². The van der Waals surface area contributed by atoms with Crippen LogP contribution in [0.25, 0.3) is 0 Å². The van der Waals surface area contributed by atoms with Crippen molar-refractivity contribution < 1.29 is 9.84 Å². The third kappa shape index (κ3) is 1.65. The van der Waals surface area contributed by atoms with Crippen molar-refractivity contribution in [3.05, 3.63) is 5.69 Å². The average molecular weight is 160 g/mol. The minimum Gasteiger partial charge on any atom is -0.473 e. The molecule has 0 atom stereocenters. The molecule has 0 unspecified atom stereocenters. The molecule has 5 heteroatoms. The van der Waals surface area contributed by atoms with Crippen LogP contribution in [0.5, 0.6) is 5.88 Å². The average Bonchev–Trinajstić information content (AvgIpc) is 2.31. The van der Waals surface area contributed by atoms with Crippen LogP contribution in [0.4, 0.5) is 0 Å². The fraction of sp³-hybridized carbons (Fsp3) is 0.600. The molecule has 0 saturated carbocycles. The summed E-state index contributed by atoms with van der Waals surface area (Å²) in [5.41, 5.74) is 0.776. The number of rotatable bonds is 3. The van der Waals surface area contributed by atoms with Crippen LogP contribution in [-0.2, 0) is 0 Å². The molecule has 0 aliphatic carbocycles. The second-order valence-electron chi connectivity index (χ2n) is 1.73. The first-order valence-electron chi connectivity index (χ1n) is 2.87. The molecule has 0 spiro atoms. The Morgan fingerprint density at radius 3 is 2.90 bits per heavy atom. The van der Waals surface area contributed by atoms with Crippen LogP contribution in [0, 0.1) is 6.92 Å². The maximum atomic E-state index is 8.39. The van der Waals surface area contributed by atoms with E-state index in [4.69, 9.17) is 9.84 Å². The molecule has 0 aliphatic heterocycles. The summed E-state index contributed by atoms with van der Waals surface area (Å²) in [6, 6.07) is 0. The Morgan fingerprint density at radius 2 is 2.40 bits per heavy atom. The van der Waals surface area contributed by atoms with Crippen LogP contribution in [-0.4, -0.2) is 27.1 Å². The van der Waals surface area contributed by atoms with Crippen molar-refractivity contribution in [1.82, 2.24) is 8.75 Å². The van der Waals surface area contributed by atoms with Gasteiger partial charge in [0.25, 0.3) is 0 Å². The van der Waals surface area contributed by atoms with Crippen LogP contribution in [0.2, 0.25) is 0 Å². The summed E-state index contributed by atoms with van der Waals surface area (Å²) in [4.78, 5) is 0. The number of hydrogen-bond acceptors (Lipinski definition) is 5. The lowest BCUT2D eigenvalue weighted by Gasteiger charge is -1.97. The van der Waals surface area contributed by atoms with Gasteiger partial charge in [-0.15, -0.1) is 4.37 Å². The molecule has 4 nitrogen and oxygen atoms in total. The van der Waals surface area contributed by atoms with E-state index < -0.39 is 0 Å². The van der Waals surface area contributed by atoms with Gasteiger partial charge >= 0.3 is 0 Å². The molecule has 56 valence electrons. The Hall–Kier alpha value is -0.680. The highest BCUT2D eigenvalue weighted by Gasteiger charge is 2.01. The lowest BCUT2D eigenvalue weighted by Crippen LogP contribution is -2.02. The van der Waals surface area contributed by atoms with Crippen molar-refractivity contribution in [1.29, 1.82) is 0 Å². The Kier molecular flexibility index (Phi) is 2.58. The summed E-state index contributed by atoms with van der Waals surface area (Å²) in [5, 5.41) is 8.39. The van der Waals surface area contributed by atoms with Crippen LogP contribution >= 0.6 is 11.7 Å². The molecule has 0 saturated heterocycles. The molecule has 0 aliphatic rings. The largest absolute Gasteiger partial charge is 0.473 e. The highest BCUT2D eigenvalue weighted by atomic mass is 32.1. The molecular formula is C5H8N2O2S. The van der Waals surface area contributed by atoms with Crippen molar-refractivity contribution in [2.45, 2.75) is 6.92 Å². The van der Waals surface area contributed by atoms with Gasteiger partial charge < -0.3 is 9.84 Å².